The van der Waals surface area contributed by atoms with Crippen molar-refractivity contribution in [1.29, 1.82) is 0 Å². The number of carbonyl (C=O) groups is 2. The van der Waals surface area contributed by atoms with Gasteiger partial charge in [-0.25, -0.2) is 0 Å². The molecule has 1 aliphatic rings. The van der Waals surface area contributed by atoms with Gasteiger partial charge in [0.05, 0.1) is 11.8 Å². The Labute approximate surface area is 193 Å². The second-order valence-electron chi connectivity index (χ2n) is 7.17. The second-order valence-corrected chi connectivity index (χ2v) is 8.63. The number of halogens is 3. The molecule has 1 aliphatic heterocycles. The fourth-order valence-corrected chi connectivity index (χ4v) is 3.14. The van der Waals surface area contributed by atoms with E-state index in [9.17, 15) is 31.2 Å². The molecule has 15 heteroatoms. The third-order valence-corrected chi connectivity index (χ3v) is 4.52. The number of amides is 2. The predicted octanol–water partition coefficient (Wildman–Crippen LogP) is 0.914. The van der Waals surface area contributed by atoms with Gasteiger partial charge in [-0.3, -0.25) is 14.1 Å². The average molecular weight is 504 g/mol. The Balaban J connectivity index is 0.000000739. The number of aromatic nitrogens is 1. The van der Waals surface area contributed by atoms with Gasteiger partial charge in [0.25, 0.3) is 21.9 Å². The zero-order chi connectivity index (χ0) is 25.7. The second kappa shape index (κ2) is 10.6. The van der Waals surface area contributed by atoms with Gasteiger partial charge in [0.1, 0.15) is 5.69 Å². The molecule has 0 saturated carbocycles. The zero-order valence-electron chi connectivity index (χ0n) is 17.9. The van der Waals surface area contributed by atoms with Gasteiger partial charge in [-0.05, 0) is 30.3 Å². The summed E-state index contributed by atoms with van der Waals surface area (Å²) in [6.45, 7) is 0.973. The number of H-pyrrole nitrogens is 1. The van der Waals surface area contributed by atoms with E-state index < -0.39 is 33.7 Å². The molecule has 0 atom stereocenters. The highest BCUT2D eigenvalue weighted by molar-refractivity contribution is 7.85. The van der Waals surface area contributed by atoms with E-state index in [0.29, 0.717) is 11.9 Å². The SMILES string of the molecule is CS(=O)(=O)O.NC(N)=NC(=O)c1ccc(N2CCN(C(=O)c3ccc[nH]3)CC2)c(C(F)(F)F)c1. The standard InChI is InChI=1S/C18H19F3N6O2.CH4O3S/c19-18(20,21)12-10-11(15(28)25-17(22)23)3-4-14(12)26-6-8-27(9-7-26)16(29)13-2-1-5-24-13;1-5(2,3)4/h1-5,10,24H,6-9H2,(H4,22,23,25,28);1H3,(H,2,3,4). The van der Waals surface area contributed by atoms with Gasteiger partial charge in [-0.1, -0.05) is 0 Å². The molecule has 0 aliphatic carbocycles. The molecule has 1 aromatic carbocycles. The van der Waals surface area contributed by atoms with E-state index in [1.165, 1.54) is 17.0 Å². The van der Waals surface area contributed by atoms with Gasteiger partial charge < -0.3 is 26.3 Å². The third kappa shape index (κ3) is 7.77. The normalized spacial score (nSPS) is 14.1. The average Bonchev–Trinajstić information content (AvgIpc) is 3.25. The molecule has 186 valence electrons. The van der Waals surface area contributed by atoms with E-state index in [0.717, 1.165) is 6.07 Å². The minimum absolute atomic E-state index is 0.0641. The van der Waals surface area contributed by atoms with Crippen LogP contribution < -0.4 is 16.4 Å². The molecule has 1 fully saturated rings. The molecule has 34 heavy (non-hydrogen) atoms. The number of nitrogens with zero attached hydrogens (tertiary/aromatic N) is 3. The topological polar surface area (TPSA) is 175 Å². The van der Waals surface area contributed by atoms with Crippen LogP contribution in [0.15, 0.2) is 41.5 Å². The van der Waals surface area contributed by atoms with Crippen molar-refractivity contribution < 1.29 is 35.7 Å². The number of aliphatic imine (C=N–C) groups is 1. The minimum Gasteiger partial charge on any atom is -0.370 e. The maximum atomic E-state index is 13.6. The lowest BCUT2D eigenvalue weighted by atomic mass is 10.1. The van der Waals surface area contributed by atoms with Crippen molar-refractivity contribution in [3.05, 3.63) is 53.3 Å². The molecule has 0 bridgehead atoms. The lowest BCUT2D eigenvalue weighted by molar-refractivity contribution is -0.137. The van der Waals surface area contributed by atoms with Crippen LogP contribution in [0.3, 0.4) is 0 Å². The van der Waals surface area contributed by atoms with Crippen LogP contribution in [-0.4, -0.2) is 73.1 Å². The molecule has 3 rings (SSSR count). The first-order chi connectivity index (χ1) is 15.7. The molecular formula is C19H23F3N6O5S. The number of nitrogens with two attached hydrogens (primary N) is 2. The van der Waals surface area contributed by atoms with Crippen LogP contribution in [0.2, 0.25) is 0 Å². The van der Waals surface area contributed by atoms with E-state index in [1.807, 2.05) is 0 Å². The van der Waals surface area contributed by atoms with Crippen molar-refractivity contribution in [2.45, 2.75) is 6.18 Å². The first-order valence-corrected chi connectivity index (χ1v) is 11.5. The zero-order valence-corrected chi connectivity index (χ0v) is 18.7. The summed E-state index contributed by atoms with van der Waals surface area (Å²) in [6, 6.07) is 6.55. The van der Waals surface area contributed by atoms with Crippen LogP contribution in [0.4, 0.5) is 18.9 Å². The van der Waals surface area contributed by atoms with Crippen LogP contribution in [-0.2, 0) is 16.3 Å². The number of anilines is 1. The molecule has 2 heterocycles. The fourth-order valence-electron chi connectivity index (χ4n) is 3.14. The highest BCUT2D eigenvalue weighted by atomic mass is 32.2. The summed E-state index contributed by atoms with van der Waals surface area (Å²) in [5.74, 6) is -1.69. The van der Waals surface area contributed by atoms with Crippen LogP contribution in [0.1, 0.15) is 26.4 Å². The van der Waals surface area contributed by atoms with Crippen LogP contribution in [0.5, 0.6) is 0 Å². The number of benzene rings is 1. The van der Waals surface area contributed by atoms with Gasteiger partial charge >= 0.3 is 6.18 Å². The van der Waals surface area contributed by atoms with E-state index >= 15 is 0 Å². The highest BCUT2D eigenvalue weighted by Gasteiger charge is 2.36. The van der Waals surface area contributed by atoms with Crippen molar-refractivity contribution in [1.82, 2.24) is 9.88 Å². The predicted molar refractivity (Wildman–Crippen MR) is 118 cm³/mol. The summed E-state index contributed by atoms with van der Waals surface area (Å²) in [6.07, 6.45) is -2.34. The van der Waals surface area contributed by atoms with Gasteiger partial charge in [-0.2, -0.15) is 26.6 Å². The van der Waals surface area contributed by atoms with E-state index in [2.05, 4.69) is 9.98 Å². The number of piperazine rings is 1. The molecular weight excluding hydrogens is 481 g/mol. The number of alkyl halides is 3. The lowest BCUT2D eigenvalue weighted by Gasteiger charge is -2.37. The number of hydrogen-bond donors (Lipinski definition) is 4. The number of nitrogens with one attached hydrogen (secondary N) is 1. The molecule has 6 N–H and O–H groups in total. The molecule has 2 amide bonds. The summed E-state index contributed by atoms with van der Waals surface area (Å²) in [7, 11) is -3.67. The minimum atomic E-state index is -4.68. The smallest absolute Gasteiger partial charge is 0.370 e. The van der Waals surface area contributed by atoms with Crippen molar-refractivity contribution in [3.63, 3.8) is 0 Å². The van der Waals surface area contributed by atoms with Crippen LogP contribution in [0.25, 0.3) is 0 Å². The van der Waals surface area contributed by atoms with Gasteiger partial charge in [-0.15, -0.1) is 0 Å². The first kappa shape index (κ1) is 26.7. The fraction of sp³-hybridized carbons (Fsp3) is 0.316. The number of rotatable bonds is 3. The summed E-state index contributed by atoms with van der Waals surface area (Å²) < 4.78 is 66.7. The molecule has 0 radical (unpaired) electrons. The number of hydrogen-bond acceptors (Lipinski definition) is 5. The molecule has 1 aromatic heterocycles. The summed E-state index contributed by atoms with van der Waals surface area (Å²) in [5.41, 5.74) is 9.37. The largest absolute Gasteiger partial charge is 0.418 e. The maximum Gasteiger partial charge on any atom is 0.418 e. The Bertz CT molecular complexity index is 1150. The van der Waals surface area contributed by atoms with Crippen molar-refractivity contribution in [2.75, 3.05) is 37.3 Å². The Morgan fingerprint density at radius 3 is 2.18 bits per heavy atom. The number of guanidine groups is 1. The van der Waals surface area contributed by atoms with E-state index in [4.69, 9.17) is 16.0 Å². The molecule has 11 nitrogen and oxygen atoms in total. The molecule has 0 spiro atoms. The highest BCUT2D eigenvalue weighted by Crippen LogP contribution is 2.37. The lowest BCUT2D eigenvalue weighted by Crippen LogP contribution is -2.49. The monoisotopic (exact) mass is 504 g/mol. The van der Waals surface area contributed by atoms with E-state index in [1.54, 1.807) is 23.2 Å². The quantitative estimate of drug-likeness (QED) is 0.271. The number of carbonyl (C=O) groups excluding carboxylic acids is 2. The van der Waals surface area contributed by atoms with Crippen molar-refractivity contribution in [3.8, 4) is 0 Å². The van der Waals surface area contributed by atoms with Crippen LogP contribution in [0, 0.1) is 0 Å². The Morgan fingerprint density at radius 1 is 1.12 bits per heavy atom. The van der Waals surface area contributed by atoms with Crippen molar-refractivity contribution in [2.24, 2.45) is 16.5 Å². The molecule has 1 saturated heterocycles. The summed E-state index contributed by atoms with van der Waals surface area (Å²) in [5, 5.41) is 0. The Morgan fingerprint density at radius 2 is 1.71 bits per heavy atom. The Kier molecular flexibility index (Phi) is 8.28. The summed E-state index contributed by atoms with van der Waals surface area (Å²) in [4.78, 5) is 33.4. The van der Waals surface area contributed by atoms with Crippen molar-refractivity contribution >= 4 is 33.6 Å². The first-order valence-electron chi connectivity index (χ1n) is 9.62. The third-order valence-electron chi connectivity index (χ3n) is 4.52. The Hall–Kier alpha value is -3.59. The van der Waals surface area contributed by atoms with E-state index in [-0.39, 0.29) is 43.3 Å². The van der Waals surface area contributed by atoms with Crippen LogP contribution >= 0.6 is 0 Å². The van der Waals surface area contributed by atoms with Gasteiger partial charge in [0, 0.05) is 43.6 Å². The molecule has 2 aromatic rings. The number of aromatic amines is 1. The maximum absolute atomic E-state index is 13.6. The van der Waals surface area contributed by atoms with Gasteiger partial charge in [0.2, 0.25) is 0 Å². The summed E-state index contributed by atoms with van der Waals surface area (Å²) >= 11 is 0. The molecule has 0 unspecified atom stereocenters. The van der Waals surface area contributed by atoms with Gasteiger partial charge in [0.15, 0.2) is 5.96 Å².